The summed E-state index contributed by atoms with van der Waals surface area (Å²) in [6.07, 6.45) is 2.01. The van der Waals surface area contributed by atoms with E-state index in [-0.39, 0.29) is 5.75 Å². The van der Waals surface area contributed by atoms with Crippen molar-refractivity contribution in [1.82, 2.24) is 4.57 Å². The molecule has 1 N–H and O–H groups in total. The Morgan fingerprint density at radius 1 is 0.640 bits per heavy atom. The summed E-state index contributed by atoms with van der Waals surface area (Å²) in [4.78, 5) is 0. The Labute approximate surface area is 146 Å². The van der Waals surface area contributed by atoms with Crippen molar-refractivity contribution < 1.29 is 9.84 Å². The fourth-order valence-corrected chi connectivity index (χ4v) is 2.77. The molecule has 4 rings (SSSR count). The Balaban J connectivity index is 1.61. The maximum atomic E-state index is 9.47. The third-order valence-corrected chi connectivity index (χ3v) is 4.01. The average molecular weight is 327 g/mol. The summed E-state index contributed by atoms with van der Waals surface area (Å²) in [5.74, 6) is 1.89. The number of phenolic OH excluding ortho intramolecular Hbond substituents is 1. The van der Waals surface area contributed by atoms with E-state index >= 15 is 0 Å². The van der Waals surface area contributed by atoms with Crippen molar-refractivity contribution in [3.05, 3.63) is 97.2 Å². The minimum Gasteiger partial charge on any atom is -0.508 e. The standard InChI is InChI=1S/C22H17NO2/c24-19-12-10-18(11-13-19)23-16-4-7-22(23)17-8-14-21(15-9-17)25-20-5-2-1-3-6-20/h1-16,24H. The second-order valence-corrected chi connectivity index (χ2v) is 5.72. The van der Waals surface area contributed by atoms with Gasteiger partial charge in [0.25, 0.3) is 0 Å². The van der Waals surface area contributed by atoms with E-state index in [1.165, 1.54) is 0 Å². The molecule has 3 heteroatoms. The molecular formula is C22H17NO2. The number of aromatic nitrogens is 1. The van der Waals surface area contributed by atoms with E-state index in [1.807, 2.05) is 79.0 Å². The van der Waals surface area contributed by atoms with Crippen LogP contribution in [0.4, 0.5) is 0 Å². The number of aromatic hydroxyl groups is 1. The summed E-state index contributed by atoms with van der Waals surface area (Å²) in [6, 6.07) is 29.0. The maximum Gasteiger partial charge on any atom is 0.127 e. The molecule has 0 unspecified atom stereocenters. The lowest BCUT2D eigenvalue weighted by atomic mass is 10.1. The van der Waals surface area contributed by atoms with Crippen molar-refractivity contribution in [2.24, 2.45) is 0 Å². The highest BCUT2D eigenvalue weighted by atomic mass is 16.5. The van der Waals surface area contributed by atoms with Crippen molar-refractivity contribution in [3.63, 3.8) is 0 Å². The zero-order valence-corrected chi connectivity index (χ0v) is 13.5. The molecule has 0 amide bonds. The number of ether oxygens (including phenoxy) is 1. The molecule has 0 bridgehead atoms. The summed E-state index contributed by atoms with van der Waals surface area (Å²) in [5, 5.41) is 9.47. The van der Waals surface area contributed by atoms with E-state index in [0.717, 1.165) is 28.4 Å². The van der Waals surface area contributed by atoms with Gasteiger partial charge in [0.2, 0.25) is 0 Å². The normalized spacial score (nSPS) is 10.6. The molecule has 0 saturated heterocycles. The van der Waals surface area contributed by atoms with Crippen LogP contribution in [0.2, 0.25) is 0 Å². The van der Waals surface area contributed by atoms with Gasteiger partial charge < -0.3 is 14.4 Å². The summed E-state index contributed by atoms with van der Waals surface area (Å²) in [5.41, 5.74) is 3.18. The molecule has 0 radical (unpaired) electrons. The molecule has 0 saturated carbocycles. The highest BCUT2D eigenvalue weighted by molar-refractivity contribution is 5.64. The Hall–Kier alpha value is -3.46. The SMILES string of the molecule is Oc1ccc(-n2cccc2-c2ccc(Oc3ccccc3)cc2)cc1. The van der Waals surface area contributed by atoms with Gasteiger partial charge in [-0.2, -0.15) is 0 Å². The van der Waals surface area contributed by atoms with Gasteiger partial charge in [-0.25, -0.2) is 0 Å². The van der Waals surface area contributed by atoms with Crippen LogP contribution < -0.4 is 4.74 Å². The highest BCUT2D eigenvalue weighted by Gasteiger charge is 2.07. The Kier molecular flexibility index (Phi) is 3.97. The molecule has 25 heavy (non-hydrogen) atoms. The molecule has 0 spiro atoms. The molecule has 4 aromatic rings. The Bertz CT molecular complexity index is 955. The van der Waals surface area contributed by atoms with Crippen LogP contribution in [0.15, 0.2) is 97.2 Å². The average Bonchev–Trinajstić information content (AvgIpc) is 3.14. The van der Waals surface area contributed by atoms with E-state index < -0.39 is 0 Å². The van der Waals surface area contributed by atoms with Crippen molar-refractivity contribution in [1.29, 1.82) is 0 Å². The molecule has 0 fully saturated rings. The number of para-hydroxylation sites is 1. The van der Waals surface area contributed by atoms with Crippen LogP contribution in [-0.2, 0) is 0 Å². The summed E-state index contributed by atoms with van der Waals surface area (Å²) in [6.45, 7) is 0. The first-order chi connectivity index (χ1) is 12.3. The molecule has 0 aliphatic rings. The monoisotopic (exact) mass is 327 g/mol. The van der Waals surface area contributed by atoms with Gasteiger partial charge in [-0.05, 0) is 78.4 Å². The van der Waals surface area contributed by atoms with Crippen LogP contribution in [-0.4, -0.2) is 9.67 Å². The van der Waals surface area contributed by atoms with E-state index in [1.54, 1.807) is 12.1 Å². The van der Waals surface area contributed by atoms with Gasteiger partial charge in [0.15, 0.2) is 0 Å². The van der Waals surface area contributed by atoms with Crippen LogP contribution in [0.5, 0.6) is 17.2 Å². The smallest absolute Gasteiger partial charge is 0.127 e. The predicted octanol–water partition coefficient (Wildman–Crippen LogP) is 5.64. The number of hydrogen-bond donors (Lipinski definition) is 1. The number of rotatable bonds is 4. The largest absolute Gasteiger partial charge is 0.508 e. The first-order valence-corrected chi connectivity index (χ1v) is 8.10. The van der Waals surface area contributed by atoms with E-state index in [2.05, 4.69) is 10.6 Å². The molecule has 1 heterocycles. The zero-order chi connectivity index (χ0) is 17.1. The van der Waals surface area contributed by atoms with Gasteiger partial charge in [0.1, 0.15) is 17.2 Å². The third-order valence-electron chi connectivity index (χ3n) is 4.01. The van der Waals surface area contributed by atoms with Gasteiger partial charge in [-0.15, -0.1) is 0 Å². The van der Waals surface area contributed by atoms with Gasteiger partial charge in [-0.1, -0.05) is 18.2 Å². The van der Waals surface area contributed by atoms with Crippen LogP contribution in [0.25, 0.3) is 16.9 Å². The predicted molar refractivity (Wildman–Crippen MR) is 99.4 cm³/mol. The first-order valence-electron chi connectivity index (χ1n) is 8.10. The van der Waals surface area contributed by atoms with Gasteiger partial charge >= 0.3 is 0 Å². The van der Waals surface area contributed by atoms with Gasteiger partial charge in [-0.3, -0.25) is 0 Å². The Morgan fingerprint density at radius 2 is 1.32 bits per heavy atom. The number of phenols is 1. The third kappa shape index (κ3) is 3.26. The van der Waals surface area contributed by atoms with Gasteiger partial charge in [0, 0.05) is 11.9 Å². The van der Waals surface area contributed by atoms with Crippen LogP contribution >= 0.6 is 0 Å². The van der Waals surface area contributed by atoms with Crippen LogP contribution in [0.3, 0.4) is 0 Å². The summed E-state index contributed by atoms with van der Waals surface area (Å²) < 4.78 is 7.93. The second-order valence-electron chi connectivity index (χ2n) is 5.72. The highest BCUT2D eigenvalue weighted by Crippen LogP contribution is 2.28. The lowest BCUT2D eigenvalue weighted by molar-refractivity contribution is 0.475. The minimum atomic E-state index is 0.264. The van der Waals surface area contributed by atoms with Crippen LogP contribution in [0.1, 0.15) is 0 Å². The Morgan fingerprint density at radius 3 is 2.04 bits per heavy atom. The van der Waals surface area contributed by atoms with Crippen molar-refractivity contribution >= 4 is 0 Å². The number of benzene rings is 3. The topological polar surface area (TPSA) is 34.4 Å². The fourth-order valence-electron chi connectivity index (χ4n) is 2.77. The van der Waals surface area contributed by atoms with Crippen molar-refractivity contribution in [2.75, 3.05) is 0 Å². The molecular weight excluding hydrogens is 310 g/mol. The molecule has 1 aromatic heterocycles. The van der Waals surface area contributed by atoms with E-state index in [4.69, 9.17) is 4.74 Å². The first kappa shape index (κ1) is 15.1. The number of hydrogen-bond acceptors (Lipinski definition) is 2. The molecule has 122 valence electrons. The lowest BCUT2D eigenvalue weighted by Gasteiger charge is -2.11. The summed E-state index contributed by atoms with van der Waals surface area (Å²) >= 11 is 0. The summed E-state index contributed by atoms with van der Waals surface area (Å²) in [7, 11) is 0. The maximum absolute atomic E-state index is 9.47. The minimum absolute atomic E-state index is 0.264. The number of nitrogens with zero attached hydrogens (tertiary/aromatic N) is 1. The van der Waals surface area contributed by atoms with Gasteiger partial charge in [0.05, 0.1) is 5.69 Å². The molecule has 0 atom stereocenters. The second kappa shape index (κ2) is 6.57. The molecule has 0 aliphatic carbocycles. The lowest BCUT2D eigenvalue weighted by Crippen LogP contribution is -1.94. The van der Waals surface area contributed by atoms with Crippen LogP contribution in [0, 0.1) is 0 Å². The molecule has 3 nitrogen and oxygen atoms in total. The quantitative estimate of drug-likeness (QED) is 0.526. The molecule has 3 aromatic carbocycles. The molecule has 0 aliphatic heterocycles. The fraction of sp³-hybridized carbons (Fsp3) is 0. The van der Waals surface area contributed by atoms with Crippen molar-refractivity contribution in [2.45, 2.75) is 0 Å². The van der Waals surface area contributed by atoms with E-state index in [0.29, 0.717) is 0 Å². The van der Waals surface area contributed by atoms with Crippen molar-refractivity contribution in [3.8, 4) is 34.2 Å². The van der Waals surface area contributed by atoms with E-state index in [9.17, 15) is 5.11 Å². The zero-order valence-electron chi connectivity index (χ0n) is 13.5.